The van der Waals surface area contributed by atoms with Crippen LogP contribution in [0.2, 0.25) is 0 Å². The molecule has 0 aromatic heterocycles. The molecule has 172 valence electrons. The number of nitro benzene ring substituents is 1. The Labute approximate surface area is 187 Å². The fourth-order valence-corrected chi connectivity index (χ4v) is 5.42. The topological polar surface area (TPSA) is 119 Å². The molecule has 0 radical (unpaired) electrons. The molecule has 0 aliphatic carbocycles. The van der Waals surface area contributed by atoms with Gasteiger partial charge >= 0.3 is 0 Å². The molecule has 32 heavy (non-hydrogen) atoms. The maximum absolute atomic E-state index is 13.2. The first-order chi connectivity index (χ1) is 15.1. The Morgan fingerprint density at radius 1 is 1.28 bits per heavy atom. The minimum atomic E-state index is -3.77. The Bertz CT molecular complexity index is 1130. The zero-order chi connectivity index (χ0) is 23.5. The summed E-state index contributed by atoms with van der Waals surface area (Å²) >= 11 is 0. The Balaban J connectivity index is 1.76. The first kappa shape index (κ1) is 23.7. The summed E-state index contributed by atoms with van der Waals surface area (Å²) in [6.45, 7) is 6.08. The summed E-state index contributed by atoms with van der Waals surface area (Å²) in [5, 5.41) is 13.9. The standard InChI is InChI=1S/C22H27N3O6S/c1-4-31-21-11-10-18(13-15(21)2)32(29,30)24-12-6-7-17(14-24)22(26)23-19-8-5-9-20(16(19)3)25(27)28/h5,8-11,13,17H,4,6-7,12,14H2,1-3H3,(H,23,26)/t17-/m1/s1. The number of ether oxygens (including phenoxy) is 1. The third-order valence-electron chi connectivity index (χ3n) is 5.60. The molecule has 1 aliphatic heterocycles. The molecule has 1 amide bonds. The van der Waals surface area contributed by atoms with Crippen LogP contribution in [-0.4, -0.2) is 43.2 Å². The first-order valence-electron chi connectivity index (χ1n) is 10.4. The number of hydrogen-bond acceptors (Lipinski definition) is 6. The van der Waals surface area contributed by atoms with Gasteiger partial charge in [0.05, 0.1) is 33.6 Å². The summed E-state index contributed by atoms with van der Waals surface area (Å²) < 4.78 is 33.2. The summed E-state index contributed by atoms with van der Waals surface area (Å²) in [6.07, 6.45) is 1.08. The summed E-state index contributed by atoms with van der Waals surface area (Å²) in [5.41, 5.74) is 1.35. The van der Waals surface area contributed by atoms with Gasteiger partial charge in [-0.25, -0.2) is 8.42 Å². The van der Waals surface area contributed by atoms with E-state index in [1.165, 1.54) is 22.5 Å². The van der Waals surface area contributed by atoms with Crippen LogP contribution in [0.15, 0.2) is 41.3 Å². The molecule has 1 N–H and O–H groups in total. The van der Waals surface area contributed by atoms with Crippen molar-refractivity contribution in [2.24, 2.45) is 5.92 Å². The van der Waals surface area contributed by atoms with Gasteiger partial charge in [-0.3, -0.25) is 14.9 Å². The van der Waals surface area contributed by atoms with E-state index in [1.807, 2.05) is 6.92 Å². The number of piperidine rings is 1. The molecule has 3 rings (SSSR count). The molecule has 2 aromatic rings. The summed E-state index contributed by atoms with van der Waals surface area (Å²) in [4.78, 5) is 23.7. The molecular formula is C22H27N3O6S. The number of hydrogen-bond donors (Lipinski definition) is 1. The van der Waals surface area contributed by atoms with Gasteiger partial charge in [0, 0.05) is 19.2 Å². The maximum atomic E-state index is 13.2. The predicted molar refractivity (Wildman–Crippen MR) is 120 cm³/mol. The van der Waals surface area contributed by atoms with E-state index < -0.39 is 20.9 Å². The molecule has 1 fully saturated rings. The highest BCUT2D eigenvalue weighted by molar-refractivity contribution is 7.89. The fourth-order valence-electron chi connectivity index (χ4n) is 3.82. The quantitative estimate of drug-likeness (QED) is 0.497. The minimum absolute atomic E-state index is 0.0500. The Kier molecular flexibility index (Phi) is 7.15. The largest absolute Gasteiger partial charge is 0.494 e. The lowest BCUT2D eigenvalue weighted by Crippen LogP contribution is -2.43. The molecular weight excluding hydrogens is 434 g/mol. The van der Waals surface area contributed by atoms with Gasteiger partial charge in [-0.1, -0.05) is 6.07 Å². The van der Waals surface area contributed by atoms with Crippen molar-refractivity contribution in [2.45, 2.75) is 38.5 Å². The number of aryl methyl sites for hydroxylation is 1. The number of benzene rings is 2. The Hall–Kier alpha value is -2.98. The van der Waals surface area contributed by atoms with Crippen LogP contribution in [0.4, 0.5) is 11.4 Å². The lowest BCUT2D eigenvalue weighted by molar-refractivity contribution is -0.385. The van der Waals surface area contributed by atoms with Gasteiger partial charge in [0.15, 0.2) is 0 Å². The molecule has 0 bridgehead atoms. The smallest absolute Gasteiger partial charge is 0.274 e. The number of nitrogens with one attached hydrogen (secondary N) is 1. The molecule has 1 atom stereocenters. The van der Waals surface area contributed by atoms with Crippen LogP contribution in [0.3, 0.4) is 0 Å². The van der Waals surface area contributed by atoms with Crippen molar-refractivity contribution in [3.8, 4) is 5.75 Å². The second kappa shape index (κ2) is 9.66. The molecule has 1 heterocycles. The van der Waals surface area contributed by atoms with E-state index in [9.17, 15) is 23.3 Å². The zero-order valence-corrected chi connectivity index (χ0v) is 19.1. The van der Waals surface area contributed by atoms with Crippen LogP contribution in [0.25, 0.3) is 0 Å². The van der Waals surface area contributed by atoms with Gasteiger partial charge in [0.1, 0.15) is 5.75 Å². The molecule has 1 saturated heterocycles. The number of carbonyl (C=O) groups is 1. The highest BCUT2D eigenvalue weighted by Gasteiger charge is 2.34. The van der Waals surface area contributed by atoms with E-state index in [4.69, 9.17) is 4.74 Å². The summed E-state index contributed by atoms with van der Waals surface area (Å²) in [6, 6.07) is 9.22. The molecule has 1 aliphatic rings. The van der Waals surface area contributed by atoms with Crippen LogP contribution in [-0.2, 0) is 14.8 Å². The average Bonchev–Trinajstić information content (AvgIpc) is 2.76. The average molecular weight is 462 g/mol. The van der Waals surface area contributed by atoms with E-state index in [0.717, 1.165) is 5.56 Å². The number of amides is 1. The van der Waals surface area contributed by atoms with E-state index in [0.29, 0.717) is 43.0 Å². The van der Waals surface area contributed by atoms with Gasteiger partial charge in [-0.15, -0.1) is 0 Å². The molecule has 10 heteroatoms. The Morgan fingerprint density at radius 3 is 2.69 bits per heavy atom. The van der Waals surface area contributed by atoms with Gasteiger partial charge in [0.25, 0.3) is 5.69 Å². The number of anilines is 1. The van der Waals surface area contributed by atoms with Gasteiger partial charge in [0.2, 0.25) is 15.9 Å². The minimum Gasteiger partial charge on any atom is -0.494 e. The monoisotopic (exact) mass is 461 g/mol. The van der Waals surface area contributed by atoms with Crippen LogP contribution >= 0.6 is 0 Å². The number of rotatable bonds is 7. The highest BCUT2D eigenvalue weighted by atomic mass is 32.2. The van der Waals surface area contributed by atoms with E-state index >= 15 is 0 Å². The fraction of sp³-hybridized carbons (Fsp3) is 0.409. The van der Waals surface area contributed by atoms with E-state index in [1.54, 1.807) is 32.0 Å². The van der Waals surface area contributed by atoms with Crippen LogP contribution < -0.4 is 10.1 Å². The van der Waals surface area contributed by atoms with Crippen molar-refractivity contribution in [2.75, 3.05) is 25.0 Å². The van der Waals surface area contributed by atoms with Crippen molar-refractivity contribution in [1.29, 1.82) is 0 Å². The summed E-state index contributed by atoms with van der Waals surface area (Å²) in [5.74, 6) is -0.271. The second-order valence-corrected chi connectivity index (χ2v) is 9.70. The van der Waals surface area contributed by atoms with E-state index in [2.05, 4.69) is 5.32 Å². The van der Waals surface area contributed by atoms with Crippen LogP contribution in [0, 0.1) is 29.9 Å². The molecule has 9 nitrogen and oxygen atoms in total. The third kappa shape index (κ3) is 4.91. The maximum Gasteiger partial charge on any atom is 0.274 e. The molecule has 0 unspecified atom stereocenters. The number of nitrogens with zero attached hydrogens (tertiary/aromatic N) is 2. The summed E-state index contributed by atoms with van der Waals surface area (Å²) in [7, 11) is -3.77. The highest BCUT2D eigenvalue weighted by Crippen LogP contribution is 2.29. The zero-order valence-electron chi connectivity index (χ0n) is 18.3. The third-order valence-corrected chi connectivity index (χ3v) is 7.46. The number of nitro groups is 1. The lowest BCUT2D eigenvalue weighted by atomic mass is 9.98. The predicted octanol–water partition coefficient (Wildman–Crippen LogP) is 3.65. The molecule has 0 spiro atoms. The van der Waals surface area contributed by atoms with Crippen LogP contribution in [0.1, 0.15) is 30.9 Å². The van der Waals surface area contributed by atoms with Crippen LogP contribution in [0.5, 0.6) is 5.75 Å². The van der Waals surface area contributed by atoms with Crippen molar-refractivity contribution >= 4 is 27.3 Å². The van der Waals surface area contributed by atoms with Crippen molar-refractivity contribution in [1.82, 2.24) is 4.31 Å². The van der Waals surface area contributed by atoms with Gasteiger partial charge in [-0.2, -0.15) is 4.31 Å². The number of carbonyl (C=O) groups excluding carboxylic acids is 1. The molecule has 2 aromatic carbocycles. The molecule has 0 saturated carbocycles. The van der Waals surface area contributed by atoms with Crippen molar-refractivity contribution < 1.29 is 22.9 Å². The SMILES string of the molecule is CCOc1ccc(S(=O)(=O)N2CCC[C@@H](C(=O)Nc3cccc([N+](=O)[O-])c3C)C2)cc1C. The van der Waals surface area contributed by atoms with Crippen molar-refractivity contribution in [3.63, 3.8) is 0 Å². The number of sulfonamides is 1. The van der Waals surface area contributed by atoms with E-state index in [-0.39, 0.29) is 23.0 Å². The Morgan fingerprint density at radius 2 is 2.03 bits per heavy atom. The first-order valence-corrected chi connectivity index (χ1v) is 11.9. The van der Waals surface area contributed by atoms with Crippen molar-refractivity contribution in [3.05, 3.63) is 57.6 Å². The second-order valence-electron chi connectivity index (χ2n) is 7.76. The van der Waals surface area contributed by atoms with Gasteiger partial charge < -0.3 is 10.1 Å². The van der Waals surface area contributed by atoms with Gasteiger partial charge in [-0.05, 0) is 63.4 Å². The normalized spacial score (nSPS) is 17.0. The lowest BCUT2D eigenvalue weighted by Gasteiger charge is -2.31.